The lowest BCUT2D eigenvalue weighted by Crippen LogP contribution is -2.27. The van der Waals surface area contributed by atoms with E-state index in [0.717, 1.165) is 15.8 Å². The monoisotopic (exact) mass is 519 g/mol. The van der Waals surface area contributed by atoms with Crippen LogP contribution in [0, 0.1) is 20.2 Å². The highest BCUT2D eigenvalue weighted by Crippen LogP contribution is 2.30. The zero-order valence-electron chi connectivity index (χ0n) is 19.3. The maximum atomic E-state index is 12.4. The zero-order valence-corrected chi connectivity index (χ0v) is 20.1. The minimum atomic E-state index is -0.520. The molecular formula is C25H21N5O6S. The van der Waals surface area contributed by atoms with Gasteiger partial charge < -0.3 is 15.2 Å². The highest BCUT2D eigenvalue weighted by atomic mass is 32.2. The third-order valence-corrected chi connectivity index (χ3v) is 6.49. The number of nitro benzene ring substituents is 2. The molecule has 0 saturated heterocycles. The van der Waals surface area contributed by atoms with Crippen molar-refractivity contribution in [2.75, 3.05) is 17.6 Å². The Morgan fingerprint density at radius 1 is 0.865 bits per heavy atom. The van der Waals surface area contributed by atoms with Crippen molar-refractivity contribution >= 4 is 51.5 Å². The van der Waals surface area contributed by atoms with Gasteiger partial charge in [0.05, 0.1) is 15.6 Å². The van der Waals surface area contributed by atoms with E-state index < -0.39 is 9.85 Å². The van der Waals surface area contributed by atoms with Crippen LogP contribution in [0.15, 0.2) is 83.9 Å². The highest BCUT2D eigenvalue weighted by molar-refractivity contribution is 8.00. The molecular weight excluding hydrogens is 498 g/mol. The van der Waals surface area contributed by atoms with E-state index in [4.69, 9.17) is 0 Å². The number of benzene rings is 3. The van der Waals surface area contributed by atoms with Crippen molar-refractivity contribution in [2.24, 2.45) is 0 Å². The van der Waals surface area contributed by atoms with Gasteiger partial charge in [0.15, 0.2) is 0 Å². The van der Waals surface area contributed by atoms with Crippen LogP contribution in [-0.4, -0.2) is 38.5 Å². The summed E-state index contributed by atoms with van der Waals surface area (Å²) in [6, 6.07) is 18.7. The third kappa shape index (κ3) is 6.30. The van der Waals surface area contributed by atoms with Gasteiger partial charge in [0.25, 0.3) is 17.3 Å². The smallest absolute Gasteiger partial charge is 0.269 e. The molecule has 4 aromatic rings. The number of carbonyl (C=O) groups is 2. The molecule has 0 bridgehead atoms. The molecule has 188 valence electrons. The topological polar surface area (TPSA) is 149 Å². The Hall–Kier alpha value is -4.71. The van der Waals surface area contributed by atoms with E-state index in [0.29, 0.717) is 24.3 Å². The van der Waals surface area contributed by atoms with Gasteiger partial charge in [0, 0.05) is 70.6 Å². The molecule has 2 N–H and O–H groups in total. The van der Waals surface area contributed by atoms with Gasteiger partial charge in [-0.1, -0.05) is 18.2 Å². The number of hydrogen-bond donors (Lipinski definition) is 2. The van der Waals surface area contributed by atoms with Crippen LogP contribution in [0.4, 0.5) is 17.1 Å². The lowest BCUT2D eigenvalue weighted by Gasteiger charge is -2.07. The molecule has 3 aromatic carbocycles. The van der Waals surface area contributed by atoms with E-state index in [-0.39, 0.29) is 28.9 Å². The van der Waals surface area contributed by atoms with Gasteiger partial charge in [-0.3, -0.25) is 29.8 Å². The molecule has 0 radical (unpaired) electrons. The van der Waals surface area contributed by atoms with Crippen molar-refractivity contribution in [3.63, 3.8) is 0 Å². The maximum absolute atomic E-state index is 12.4. The van der Waals surface area contributed by atoms with Crippen LogP contribution >= 0.6 is 11.8 Å². The number of anilines is 1. The first kappa shape index (κ1) is 25.4. The van der Waals surface area contributed by atoms with E-state index in [1.54, 1.807) is 0 Å². The molecule has 0 aliphatic heterocycles. The van der Waals surface area contributed by atoms with E-state index in [1.165, 1.54) is 60.3 Å². The Bertz CT molecular complexity index is 1470. The zero-order chi connectivity index (χ0) is 26.4. The normalized spacial score (nSPS) is 10.7. The summed E-state index contributed by atoms with van der Waals surface area (Å²) in [7, 11) is 0. The molecule has 37 heavy (non-hydrogen) atoms. The van der Waals surface area contributed by atoms with E-state index in [2.05, 4.69) is 10.6 Å². The molecule has 1 aromatic heterocycles. The first-order valence-electron chi connectivity index (χ1n) is 11.1. The highest BCUT2D eigenvalue weighted by Gasteiger charge is 2.13. The van der Waals surface area contributed by atoms with Crippen LogP contribution in [0.25, 0.3) is 10.9 Å². The molecule has 0 atom stereocenters. The minimum Gasteiger partial charge on any atom is -0.350 e. The van der Waals surface area contributed by atoms with Gasteiger partial charge >= 0.3 is 0 Å². The number of hydrogen-bond acceptors (Lipinski definition) is 7. The SMILES string of the molecule is O=C(CSc1cn(CCNC(=O)c2ccc([N+](=O)[O-])cc2)c2ccccc12)Nc1ccc([N+](=O)[O-])cc1. The Morgan fingerprint density at radius 3 is 2.14 bits per heavy atom. The largest absolute Gasteiger partial charge is 0.350 e. The number of aromatic nitrogens is 1. The van der Waals surface area contributed by atoms with Crippen molar-refractivity contribution in [2.45, 2.75) is 11.4 Å². The Balaban J connectivity index is 1.35. The van der Waals surface area contributed by atoms with Gasteiger partial charge in [-0.15, -0.1) is 11.8 Å². The molecule has 0 saturated carbocycles. The minimum absolute atomic E-state index is 0.0517. The van der Waals surface area contributed by atoms with Gasteiger partial charge in [-0.2, -0.15) is 0 Å². The lowest BCUT2D eigenvalue weighted by atomic mass is 10.2. The number of non-ortho nitro benzene ring substituents is 2. The quantitative estimate of drug-likeness (QED) is 0.176. The fourth-order valence-corrected chi connectivity index (χ4v) is 4.54. The van der Waals surface area contributed by atoms with Crippen molar-refractivity contribution in [3.05, 3.63) is 105 Å². The Labute approximate surface area is 214 Å². The number of amides is 2. The van der Waals surface area contributed by atoms with E-state index in [1.807, 2.05) is 35.0 Å². The molecule has 12 heteroatoms. The second-order valence-electron chi connectivity index (χ2n) is 7.90. The molecule has 0 aliphatic carbocycles. The number of nitro groups is 2. The molecule has 0 aliphatic rings. The van der Waals surface area contributed by atoms with Crippen molar-refractivity contribution in [1.29, 1.82) is 0 Å². The second kappa shape index (κ2) is 11.4. The molecule has 0 spiro atoms. The predicted octanol–water partition coefficient (Wildman–Crippen LogP) is 4.62. The fourth-order valence-electron chi connectivity index (χ4n) is 3.65. The average molecular weight is 520 g/mol. The Morgan fingerprint density at radius 2 is 1.49 bits per heavy atom. The number of carbonyl (C=O) groups excluding carboxylic acids is 2. The molecule has 11 nitrogen and oxygen atoms in total. The fraction of sp³-hybridized carbons (Fsp3) is 0.120. The third-order valence-electron chi connectivity index (χ3n) is 5.45. The summed E-state index contributed by atoms with van der Waals surface area (Å²) in [6.45, 7) is 0.814. The van der Waals surface area contributed by atoms with Gasteiger partial charge in [-0.25, -0.2) is 0 Å². The molecule has 0 fully saturated rings. The van der Waals surface area contributed by atoms with E-state index in [9.17, 15) is 29.8 Å². The summed E-state index contributed by atoms with van der Waals surface area (Å²) >= 11 is 1.36. The molecule has 4 rings (SSSR count). The van der Waals surface area contributed by atoms with Gasteiger partial charge in [-0.05, 0) is 30.3 Å². The number of rotatable bonds is 10. The van der Waals surface area contributed by atoms with Crippen LogP contribution in [-0.2, 0) is 11.3 Å². The summed E-state index contributed by atoms with van der Waals surface area (Å²) in [5.74, 6) is -0.433. The standard InChI is InChI=1S/C25H21N5O6S/c31-24(27-18-7-11-20(12-8-18)30(35)36)16-37-23-15-28(22-4-2-1-3-21(22)23)14-13-26-25(32)17-5-9-19(10-6-17)29(33)34/h1-12,15H,13-14,16H2,(H,26,32)(H,27,31). The predicted molar refractivity (Wildman–Crippen MR) is 140 cm³/mol. The van der Waals surface area contributed by atoms with Crippen molar-refractivity contribution < 1.29 is 19.4 Å². The number of fused-ring (bicyclic) bond motifs is 1. The first-order chi connectivity index (χ1) is 17.8. The van der Waals surface area contributed by atoms with Gasteiger partial charge in [0.1, 0.15) is 0 Å². The first-order valence-corrected chi connectivity index (χ1v) is 12.1. The number of thioether (sulfide) groups is 1. The molecule has 0 unspecified atom stereocenters. The second-order valence-corrected chi connectivity index (χ2v) is 8.92. The molecule has 1 heterocycles. The summed E-state index contributed by atoms with van der Waals surface area (Å²) in [5, 5.41) is 28.1. The average Bonchev–Trinajstić information content (AvgIpc) is 3.25. The molecule has 2 amide bonds. The number of nitrogens with one attached hydrogen (secondary N) is 2. The lowest BCUT2D eigenvalue weighted by molar-refractivity contribution is -0.385. The summed E-state index contributed by atoms with van der Waals surface area (Å²) in [6.07, 6.45) is 1.92. The van der Waals surface area contributed by atoms with Crippen LogP contribution < -0.4 is 10.6 Å². The summed E-state index contributed by atoms with van der Waals surface area (Å²) in [5.41, 5.74) is 1.62. The van der Waals surface area contributed by atoms with Crippen LogP contribution in [0.1, 0.15) is 10.4 Å². The van der Waals surface area contributed by atoms with Crippen LogP contribution in [0.5, 0.6) is 0 Å². The summed E-state index contributed by atoms with van der Waals surface area (Å²) in [4.78, 5) is 46.2. The Kier molecular flexibility index (Phi) is 7.79. The van der Waals surface area contributed by atoms with E-state index >= 15 is 0 Å². The number of para-hydroxylation sites is 1. The maximum Gasteiger partial charge on any atom is 0.269 e. The van der Waals surface area contributed by atoms with Crippen molar-refractivity contribution in [1.82, 2.24) is 9.88 Å². The van der Waals surface area contributed by atoms with Crippen LogP contribution in [0.2, 0.25) is 0 Å². The number of nitrogens with zero attached hydrogens (tertiary/aromatic N) is 3. The van der Waals surface area contributed by atoms with Gasteiger partial charge in [0.2, 0.25) is 5.91 Å². The summed E-state index contributed by atoms with van der Waals surface area (Å²) < 4.78 is 1.99. The van der Waals surface area contributed by atoms with Crippen molar-refractivity contribution in [3.8, 4) is 0 Å². The van der Waals surface area contributed by atoms with Crippen LogP contribution in [0.3, 0.4) is 0 Å².